The highest BCUT2D eigenvalue weighted by atomic mass is 16.3. The fourth-order valence-electron chi connectivity index (χ4n) is 3.16. The second-order valence-corrected chi connectivity index (χ2v) is 6.40. The summed E-state index contributed by atoms with van der Waals surface area (Å²) >= 11 is 0. The molecular formula is C19H23N3O2. The van der Waals surface area contributed by atoms with Gasteiger partial charge in [-0.15, -0.1) is 0 Å². The van der Waals surface area contributed by atoms with E-state index in [0.717, 1.165) is 31.6 Å². The number of anilines is 1. The standard InChI is InChI=1S/C19H23N3O2/c20-17-5-2-4-16(10-17)19(24)21-11-15-7-8-22(13-15)12-14-3-1-6-18(23)9-14/h1-6,9-10,15,23H,7-8,11-13,20H2,(H,21,24). The van der Waals surface area contributed by atoms with Crippen LogP contribution in [0, 0.1) is 5.92 Å². The number of hydrogen-bond donors (Lipinski definition) is 3. The summed E-state index contributed by atoms with van der Waals surface area (Å²) in [6, 6.07) is 14.4. The van der Waals surface area contributed by atoms with Crippen molar-refractivity contribution in [1.82, 2.24) is 10.2 Å². The SMILES string of the molecule is Nc1cccc(C(=O)NCC2CCN(Cc3cccc(O)c3)C2)c1. The molecule has 24 heavy (non-hydrogen) atoms. The number of likely N-dealkylation sites (tertiary alicyclic amines) is 1. The number of phenolic OH excluding ortho intramolecular Hbond substituents is 1. The lowest BCUT2D eigenvalue weighted by atomic mass is 10.1. The second kappa shape index (κ2) is 7.36. The van der Waals surface area contributed by atoms with E-state index < -0.39 is 0 Å². The zero-order valence-corrected chi connectivity index (χ0v) is 13.6. The van der Waals surface area contributed by atoms with Crippen molar-refractivity contribution in [2.45, 2.75) is 13.0 Å². The van der Waals surface area contributed by atoms with Crippen LogP contribution in [0.15, 0.2) is 48.5 Å². The lowest BCUT2D eigenvalue weighted by Gasteiger charge is -2.16. The molecule has 1 aliphatic heterocycles. The number of phenols is 1. The first-order valence-corrected chi connectivity index (χ1v) is 8.24. The van der Waals surface area contributed by atoms with Crippen molar-refractivity contribution in [3.8, 4) is 5.75 Å². The molecule has 4 N–H and O–H groups in total. The van der Waals surface area contributed by atoms with Crippen molar-refractivity contribution < 1.29 is 9.90 Å². The predicted octanol–water partition coefficient (Wildman–Crippen LogP) is 2.23. The first-order chi connectivity index (χ1) is 11.6. The third-order valence-corrected chi connectivity index (χ3v) is 4.39. The van der Waals surface area contributed by atoms with Gasteiger partial charge in [-0.1, -0.05) is 18.2 Å². The summed E-state index contributed by atoms with van der Waals surface area (Å²) < 4.78 is 0. The Balaban J connectivity index is 1.47. The van der Waals surface area contributed by atoms with Crippen molar-refractivity contribution in [2.24, 2.45) is 5.92 Å². The minimum atomic E-state index is -0.0752. The van der Waals surface area contributed by atoms with Crippen LogP contribution in [0.5, 0.6) is 5.75 Å². The molecule has 1 aliphatic rings. The maximum absolute atomic E-state index is 12.2. The number of benzene rings is 2. The second-order valence-electron chi connectivity index (χ2n) is 6.40. The monoisotopic (exact) mass is 325 g/mol. The largest absolute Gasteiger partial charge is 0.508 e. The smallest absolute Gasteiger partial charge is 0.251 e. The van der Waals surface area contributed by atoms with Crippen LogP contribution in [0.2, 0.25) is 0 Å². The van der Waals surface area contributed by atoms with Crippen LogP contribution in [0.25, 0.3) is 0 Å². The van der Waals surface area contributed by atoms with Gasteiger partial charge in [0.15, 0.2) is 0 Å². The van der Waals surface area contributed by atoms with E-state index in [1.807, 2.05) is 12.1 Å². The Morgan fingerprint density at radius 2 is 2.08 bits per heavy atom. The Bertz CT molecular complexity index is 717. The molecule has 0 saturated carbocycles. The molecule has 1 atom stereocenters. The quantitative estimate of drug-likeness (QED) is 0.737. The van der Waals surface area contributed by atoms with Gasteiger partial charge in [0.25, 0.3) is 5.91 Å². The van der Waals surface area contributed by atoms with Crippen LogP contribution in [-0.2, 0) is 6.54 Å². The maximum atomic E-state index is 12.2. The van der Waals surface area contributed by atoms with Crippen LogP contribution in [0.3, 0.4) is 0 Å². The van der Waals surface area contributed by atoms with E-state index >= 15 is 0 Å². The van der Waals surface area contributed by atoms with E-state index in [1.54, 1.807) is 36.4 Å². The summed E-state index contributed by atoms with van der Waals surface area (Å²) in [7, 11) is 0. The molecule has 3 rings (SSSR count). The highest BCUT2D eigenvalue weighted by molar-refractivity contribution is 5.94. The molecule has 0 aromatic heterocycles. The third-order valence-electron chi connectivity index (χ3n) is 4.39. The van der Waals surface area contributed by atoms with E-state index in [0.29, 0.717) is 29.5 Å². The van der Waals surface area contributed by atoms with Crippen molar-refractivity contribution in [2.75, 3.05) is 25.4 Å². The van der Waals surface area contributed by atoms with Crippen molar-refractivity contribution in [3.63, 3.8) is 0 Å². The van der Waals surface area contributed by atoms with E-state index in [1.165, 1.54) is 0 Å². The number of rotatable bonds is 5. The van der Waals surface area contributed by atoms with Gasteiger partial charge in [0.2, 0.25) is 0 Å². The fourth-order valence-corrected chi connectivity index (χ4v) is 3.16. The molecular weight excluding hydrogens is 302 g/mol. The van der Waals surface area contributed by atoms with Gasteiger partial charge in [0.1, 0.15) is 5.75 Å². The number of carbonyl (C=O) groups excluding carboxylic acids is 1. The summed E-state index contributed by atoms with van der Waals surface area (Å²) in [5.74, 6) is 0.679. The number of amides is 1. The molecule has 1 unspecified atom stereocenters. The molecule has 2 aromatic rings. The van der Waals surface area contributed by atoms with Crippen LogP contribution in [0.1, 0.15) is 22.3 Å². The molecule has 0 radical (unpaired) electrons. The highest BCUT2D eigenvalue weighted by Gasteiger charge is 2.23. The third kappa shape index (κ3) is 4.26. The van der Waals surface area contributed by atoms with Gasteiger partial charge in [-0.25, -0.2) is 0 Å². The average Bonchev–Trinajstić information content (AvgIpc) is 3.00. The molecule has 0 spiro atoms. The molecule has 1 fully saturated rings. The lowest BCUT2D eigenvalue weighted by molar-refractivity contribution is 0.0947. The molecule has 5 heteroatoms. The van der Waals surface area contributed by atoms with Crippen LogP contribution in [0.4, 0.5) is 5.69 Å². The van der Waals surface area contributed by atoms with Gasteiger partial charge in [0.05, 0.1) is 0 Å². The first kappa shape index (κ1) is 16.3. The van der Waals surface area contributed by atoms with Gasteiger partial charge in [-0.2, -0.15) is 0 Å². The number of nitrogens with two attached hydrogens (primary N) is 1. The minimum Gasteiger partial charge on any atom is -0.508 e. The zero-order chi connectivity index (χ0) is 16.9. The van der Waals surface area contributed by atoms with Gasteiger partial charge >= 0.3 is 0 Å². The molecule has 126 valence electrons. The van der Waals surface area contributed by atoms with E-state index in [-0.39, 0.29) is 5.91 Å². The van der Waals surface area contributed by atoms with E-state index in [9.17, 15) is 9.90 Å². The van der Waals surface area contributed by atoms with Crippen LogP contribution < -0.4 is 11.1 Å². The summed E-state index contributed by atoms with van der Waals surface area (Å²) in [6.45, 7) is 3.46. The average molecular weight is 325 g/mol. The maximum Gasteiger partial charge on any atom is 0.251 e. The number of nitrogens with one attached hydrogen (secondary N) is 1. The number of hydrogen-bond acceptors (Lipinski definition) is 4. The molecule has 2 aromatic carbocycles. The van der Waals surface area contributed by atoms with Crippen molar-refractivity contribution in [3.05, 3.63) is 59.7 Å². The van der Waals surface area contributed by atoms with Crippen molar-refractivity contribution >= 4 is 11.6 Å². The van der Waals surface area contributed by atoms with E-state index in [2.05, 4.69) is 10.2 Å². The van der Waals surface area contributed by atoms with Crippen molar-refractivity contribution in [1.29, 1.82) is 0 Å². The van der Waals surface area contributed by atoms with Gasteiger partial charge in [0, 0.05) is 30.9 Å². The van der Waals surface area contributed by atoms with Gasteiger partial charge in [-0.3, -0.25) is 9.69 Å². The number of nitrogens with zero attached hydrogens (tertiary/aromatic N) is 1. The van der Waals surface area contributed by atoms with Gasteiger partial charge < -0.3 is 16.2 Å². The zero-order valence-electron chi connectivity index (χ0n) is 13.6. The Hall–Kier alpha value is -2.53. The minimum absolute atomic E-state index is 0.0752. The Labute approximate surface area is 142 Å². The Morgan fingerprint density at radius 1 is 1.25 bits per heavy atom. The Morgan fingerprint density at radius 3 is 2.88 bits per heavy atom. The lowest BCUT2D eigenvalue weighted by Crippen LogP contribution is -2.31. The molecule has 5 nitrogen and oxygen atoms in total. The first-order valence-electron chi connectivity index (χ1n) is 8.24. The normalized spacial score (nSPS) is 17.8. The number of carbonyl (C=O) groups is 1. The number of nitrogen functional groups attached to an aromatic ring is 1. The van der Waals surface area contributed by atoms with Crippen LogP contribution in [-0.4, -0.2) is 35.5 Å². The molecule has 1 amide bonds. The fraction of sp³-hybridized carbons (Fsp3) is 0.316. The molecule has 1 heterocycles. The van der Waals surface area contributed by atoms with E-state index in [4.69, 9.17) is 5.73 Å². The predicted molar refractivity (Wildman–Crippen MR) is 94.7 cm³/mol. The summed E-state index contributed by atoms with van der Waals surface area (Å²) in [5.41, 5.74) is 8.02. The highest BCUT2D eigenvalue weighted by Crippen LogP contribution is 2.20. The molecule has 1 saturated heterocycles. The summed E-state index contributed by atoms with van der Waals surface area (Å²) in [6.07, 6.45) is 1.07. The Kier molecular flexibility index (Phi) is 5.01. The summed E-state index contributed by atoms with van der Waals surface area (Å²) in [5, 5.41) is 12.5. The number of aromatic hydroxyl groups is 1. The topological polar surface area (TPSA) is 78.6 Å². The summed E-state index contributed by atoms with van der Waals surface area (Å²) in [4.78, 5) is 14.5. The van der Waals surface area contributed by atoms with Gasteiger partial charge in [-0.05, 0) is 54.8 Å². The molecule has 0 bridgehead atoms. The van der Waals surface area contributed by atoms with Crippen LogP contribution >= 0.6 is 0 Å². The molecule has 0 aliphatic carbocycles.